The standard InChI is InChI=1S/C17H18N2O2/c1-17(11-12-7-9-13(20)10-8-12)18-16(21)14-5-3-4-6-15(14)19(17)2/h3-10,20H,11H2,1-2H3,(H,18,21). The highest BCUT2D eigenvalue weighted by atomic mass is 16.3. The van der Waals surface area contributed by atoms with Gasteiger partial charge in [0.05, 0.1) is 11.3 Å². The van der Waals surface area contributed by atoms with Gasteiger partial charge in [0.25, 0.3) is 5.91 Å². The van der Waals surface area contributed by atoms with Crippen molar-refractivity contribution >= 4 is 11.6 Å². The van der Waals surface area contributed by atoms with Crippen LogP contribution in [0.4, 0.5) is 5.69 Å². The number of aromatic hydroxyl groups is 1. The van der Waals surface area contributed by atoms with Crippen LogP contribution in [0.3, 0.4) is 0 Å². The molecule has 0 saturated carbocycles. The number of likely N-dealkylation sites (N-methyl/N-ethyl adjacent to an activating group) is 1. The van der Waals surface area contributed by atoms with Crippen LogP contribution < -0.4 is 10.2 Å². The maximum atomic E-state index is 12.3. The van der Waals surface area contributed by atoms with Crippen LogP contribution in [0, 0.1) is 0 Å². The van der Waals surface area contributed by atoms with E-state index >= 15 is 0 Å². The van der Waals surface area contributed by atoms with Crippen LogP contribution in [-0.4, -0.2) is 23.7 Å². The molecular weight excluding hydrogens is 264 g/mol. The first-order chi connectivity index (χ1) is 9.99. The van der Waals surface area contributed by atoms with Crippen molar-refractivity contribution in [2.75, 3.05) is 11.9 Å². The van der Waals surface area contributed by atoms with Crippen LogP contribution >= 0.6 is 0 Å². The predicted octanol–water partition coefficient (Wildman–Crippen LogP) is 2.53. The summed E-state index contributed by atoms with van der Waals surface area (Å²) in [7, 11) is 1.98. The van der Waals surface area contributed by atoms with Gasteiger partial charge >= 0.3 is 0 Å². The third kappa shape index (κ3) is 2.33. The molecule has 3 rings (SSSR count). The number of benzene rings is 2. The number of rotatable bonds is 2. The van der Waals surface area contributed by atoms with Crippen LogP contribution in [0.5, 0.6) is 5.75 Å². The number of carbonyl (C=O) groups is 1. The summed E-state index contributed by atoms with van der Waals surface area (Å²) in [5.74, 6) is 0.195. The number of fused-ring (bicyclic) bond motifs is 1. The summed E-state index contributed by atoms with van der Waals surface area (Å²) in [5.41, 5.74) is 2.19. The molecule has 1 amide bonds. The summed E-state index contributed by atoms with van der Waals surface area (Å²) >= 11 is 0. The molecule has 108 valence electrons. The maximum absolute atomic E-state index is 12.3. The Hall–Kier alpha value is -2.49. The predicted molar refractivity (Wildman–Crippen MR) is 82.5 cm³/mol. The van der Waals surface area contributed by atoms with Gasteiger partial charge < -0.3 is 15.3 Å². The fraction of sp³-hybridized carbons (Fsp3) is 0.235. The highest BCUT2D eigenvalue weighted by Crippen LogP contribution is 2.31. The number of hydrogen-bond acceptors (Lipinski definition) is 3. The molecule has 1 heterocycles. The van der Waals surface area contributed by atoms with Crippen LogP contribution in [0.25, 0.3) is 0 Å². The van der Waals surface area contributed by atoms with E-state index in [2.05, 4.69) is 10.2 Å². The molecule has 2 aromatic carbocycles. The molecule has 1 atom stereocenters. The molecule has 0 fully saturated rings. The van der Waals surface area contributed by atoms with Crippen molar-refractivity contribution in [1.82, 2.24) is 5.32 Å². The van der Waals surface area contributed by atoms with Gasteiger partial charge in [0.1, 0.15) is 11.4 Å². The number of amides is 1. The minimum atomic E-state index is -0.498. The highest BCUT2D eigenvalue weighted by molar-refractivity contribution is 6.02. The average Bonchev–Trinajstić information content (AvgIpc) is 2.48. The fourth-order valence-corrected chi connectivity index (χ4v) is 2.79. The first kappa shape index (κ1) is 13.5. The molecule has 4 nitrogen and oxygen atoms in total. The van der Waals surface area contributed by atoms with Crippen molar-refractivity contribution in [2.45, 2.75) is 19.0 Å². The SMILES string of the molecule is CN1c2ccccc2C(=O)NC1(C)Cc1ccc(O)cc1. The largest absolute Gasteiger partial charge is 0.508 e. The molecule has 1 unspecified atom stereocenters. The summed E-state index contributed by atoms with van der Waals surface area (Å²) in [6, 6.07) is 14.7. The second-order valence-electron chi connectivity index (χ2n) is 5.65. The van der Waals surface area contributed by atoms with E-state index in [9.17, 15) is 9.90 Å². The molecule has 0 aromatic heterocycles. The molecule has 0 radical (unpaired) electrons. The van der Waals surface area contributed by atoms with Gasteiger partial charge in [-0.05, 0) is 36.8 Å². The lowest BCUT2D eigenvalue weighted by Crippen LogP contribution is -2.62. The lowest BCUT2D eigenvalue weighted by Gasteiger charge is -2.45. The smallest absolute Gasteiger partial charge is 0.255 e. The Morgan fingerprint density at radius 3 is 2.52 bits per heavy atom. The zero-order valence-electron chi connectivity index (χ0n) is 12.1. The number of nitrogens with zero attached hydrogens (tertiary/aromatic N) is 1. The zero-order valence-corrected chi connectivity index (χ0v) is 12.1. The van der Waals surface area contributed by atoms with E-state index in [-0.39, 0.29) is 11.7 Å². The van der Waals surface area contributed by atoms with Gasteiger partial charge in [-0.15, -0.1) is 0 Å². The van der Waals surface area contributed by atoms with E-state index in [4.69, 9.17) is 0 Å². The Balaban J connectivity index is 1.95. The third-order valence-corrected chi connectivity index (χ3v) is 4.12. The first-order valence-electron chi connectivity index (χ1n) is 6.93. The quantitative estimate of drug-likeness (QED) is 0.890. The number of hydrogen-bond donors (Lipinski definition) is 2. The van der Waals surface area contributed by atoms with E-state index in [0.717, 1.165) is 11.3 Å². The van der Waals surface area contributed by atoms with Gasteiger partial charge in [-0.1, -0.05) is 24.3 Å². The van der Waals surface area contributed by atoms with Crippen LogP contribution in [0.1, 0.15) is 22.8 Å². The van der Waals surface area contributed by atoms with Gasteiger partial charge in [0, 0.05) is 13.5 Å². The average molecular weight is 282 g/mol. The molecule has 0 aliphatic carbocycles. The number of nitrogens with one attached hydrogen (secondary N) is 1. The lowest BCUT2D eigenvalue weighted by molar-refractivity contribution is 0.0892. The summed E-state index contributed by atoms with van der Waals surface area (Å²) in [5, 5.41) is 12.5. The summed E-state index contributed by atoms with van der Waals surface area (Å²) < 4.78 is 0. The summed E-state index contributed by atoms with van der Waals surface area (Å²) in [6.45, 7) is 2.01. The minimum absolute atomic E-state index is 0.0509. The molecule has 0 saturated heterocycles. The second-order valence-corrected chi connectivity index (χ2v) is 5.65. The van der Waals surface area contributed by atoms with Crippen molar-refractivity contribution in [3.05, 3.63) is 59.7 Å². The fourth-order valence-electron chi connectivity index (χ4n) is 2.79. The lowest BCUT2D eigenvalue weighted by atomic mass is 9.94. The van der Waals surface area contributed by atoms with Crippen molar-refractivity contribution in [1.29, 1.82) is 0 Å². The number of anilines is 1. The molecule has 21 heavy (non-hydrogen) atoms. The van der Waals surface area contributed by atoms with Crippen molar-refractivity contribution in [3.8, 4) is 5.75 Å². The topological polar surface area (TPSA) is 52.6 Å². The molecule has 4 heteroatoms. The van der Waals surface area contributed by atoms with Crippen LogP contribution in [-0.2, 0) is 6.42 Å². The molecule has 2 aromatic rings. The van der Waals surface area contributed by atoms with Crippen molar-refractivity contribution in [3.63, 3.8) is 0 Å². The maximum Gasteiger partial charge on any atom is 0.255 e. The van der Waals surface area contributed by atoms with Gasteiger partial charge in [-0.25, -0.2) is 0 Å². The zero-order chi connectivity index (χ0) is 15.0. The van der Waals surface area contributed by atoms with E-state index in [1.54, 1.807) is 12.1 Å². The minimum Gasteiger partial charge on any atom is -0.508 e. The van der Waals surface area contributed by atoms with E-state index in [0.29, 0.717) is 12.0 Å². The number of carbonyl (C=O) groups excluding carboxylic acids is 1. The van der Waals surface area contributed by atoms with E-state index < -0.39 is 5.66 Å². The van der Waals surface area contributed by atoms with Crippen molar-refractivity contribution < 1.29 is 9.90 Å². The molecular formula is C17H18N2O2. The summed E-state index contributed by atoms with van der Waals surface area (Å²) in [6.07, 6.45) is 0.657. The monoisotopic (exact) mass is 282 g/mol. The number of para-hydroxylation sites is 1. The Morgan fingerprint density at radius 2 is 1.81 bits per heavy atom. The normalized spacial score (nSPS) is 20.9. The van der Waals surface area contributed by atoms with Gasteiger partial charge in [0.15, 0.2) is 0 Å². The number of phenolic OH excluding ortho intramolecular Hbond substituents is 1. The third-order valence-electron chi connectivity index (χ3n) is 4.12. The first-order valence-corrected chi connectivity index (χ1v) is 6.93. The molecule has 2 N–H and O–H groups in total. The van der Waals surface area contributed by atoms with Gasteiger partial charge in [-0.2, -0.15) is 0 Å². The van der Waals surface area contributed by atoms with E-state index in [1.165, 1.54) is 0 Å². The Kier molecular flexibility index (Phi) is 3.09. The molecule has 0 spiro atoms. The van der Waals surface area contributed by atoms with Crippen LogP contribution in [0.15, 0.2) is 48.5 Å². The molecule has 1 aliphatic heterocycles. The van der Waals surface area contributed by atoms with Gasteiger partial charge in [-0.3, -0.25) is 4.79 Å². The molecule has 0 bridgehead atoms. The highest BCUT2D eigenvalue weighted by Gasteiger charge is 2.37. The number of phenols is 1. The Bertz CT molecular complexity index is 681. The van der Waals surface area contributed by atoms with Crippen molar-refractivity contribution in [2.24, 2.45) is 0 Å². The summed E-state index contributed by atoms with van der Waals surface area (Å²) in [4.78, 5) is 14.4. The Labute approximate surface area is 124 Å². The second kappa shape index (κ2) is 4.81. The van der Waals surface area contributed by atoms with E-state index in [1.807, 2.05) is 50.4 Å². The molecule has 1 aliphatic rings. The van der Waals surface area contributed by atoms with Gasteiger partial charge in [0.2, 0.25) is 0 Å². The Morgan fingerprint density at radius 1 is 1.14 bits per heavy atom. The van der Waals surface area contributed by atoms with Crippen LogP contribution in [0.2, 0.25) is 0 Å².